The third-order valence-electron chi connectivity index (χ3n) is 2.87. The van der Waals surface area contributed by atoms with Gasteiger partial charge in [0.05, 0.1) is 6.04 Å². The third-order valence-corrected chi connectivity index (χ3v) is 2.87. The Labute approximate surface area is 89.8 Å². The van der Waals surface area contributed by atoms with Crippen molar-refractivity contribution in [2.24, 2.45) is 17.4 Å². The Balaban J connectivity index is 2.70. The maximum atomic E-state index is 11.9. The molecule has 1 saturated heterocycles. The molecule has 0 aromatic carbocycles. The van der Waals surface area contributed by atoms with E-state index >= 15 is 0 Å². The number of rotatable bonds is 3. The van der Waals surface area contributed by atoms with Crippen LogP contribution < -0.4 is 11.5 Å². The van der Waals surface area contributed by atoms with Crippen molar-refractivity contribution in [1.29, 1.82) is 0 Å². The Morgan fingerprint density at radius 3 is 2.47 bits per heavy atom. The van der Waals surface area contributed by atoms with E-state index in [-0.39, 0.29) is 11.8 Å². The Kier molecular flexibility index (Phi) is 3.68. The van der Waals surface area contributed by atoms with Crippen LogP contribution in [-0.2, 0) is 9.59 Å². The molecule has 0 spiro atoms. The molecule has 0 bridgehead atoms. The first-order chi connectivity index (χ1) is 6.95. The van der Waals surface area contributed by atoms with Gasteiger partial charge in [-0.1, -0.05) is 13.8 Å². The first kappa shape index (κ1) is 12.0. The van der Waals surface area contributed by atoms with E-state index < -0.39 is 18.0 Å². The summed E-state index contributed by atoms with van der Waals surface area (Å²) in [5.74, 6) is -0.519. The molecule has 2 atom stereocenters. The van der Waals surface area contributed by atoms with Gasteiger partial charge in [-0.05, 0) is 18.8 Å². The van der Waals surface area contributed by atoms with Gasteiger partial charge in [-0.3, -0.25) is 9.59 Å². The van der Waals surface area contributed by atoms with E-state index in [9.17, 15) is 9.59 Å². The van der Waals surface area contributed by atoms with Crippen molar-refractivity contribution in [2.75, 3.05) is 6.54 Å². The Morgan fingerprint density at radius 2 is 2.00 bits per heavy atom. The number of nitrogens with two attached hydrogens (primary N) is 2. The standard InChI is InChI=1S/C10H19N3O2/c1-6(2)8(11)10(15)13-5-3-4-7(13)9(12)14/h6-8H,3-5,11H2,1-2H3,(H2,12,14)/t7-,8?/m0/s1. The van der Waals surface area contributed by atoms with Gasteiger partial charge < -0.3 is 16.4 Å². The summed E-state index contributed by atoms with van der Waals surface area (Å²) in [4.78, 5) is 24.5. The van der Waals surface area contributed by atoms with E-state index in [0.29, 0.717) is 13.0 Å². The summed E-state index contributed by atoms with van der Waals surface area (Å²) in [7, 11) is 0. The zero-order valence-corrected chi connectivity index (χ0v) is 9.27. The minimum atomic E-state index is -0.537. The summed E-state index contributed by atoms with van der Waals surface area (Å²) in [6.07, 6.45) is 1.48. The average molecular weight is 213 g/mol. The quantitative estimate of drug-likeness (QED) is 0.659. The second-order valence-corrected chi connectivity index (χ2v) is 4.36. The highest BCUT2D eigenvalue weighted by Crippen LogP contribution is 2.18. The highest BCUT2D eigenvalue weighted by molar-refractivity contribution is 5.89. The maximum absolute atomic E-state index is 11.9. The van der Waals surface area contributed by atoms with Crippen LogP contribution in [0.25, 0.3) is 0 Å². The second-order valence-electron chi connectivity index (χ2n) is 4.36. The van der Waals surface area contributed by atoms with E-state index in [1.165, 1.54) is 4.90 Å². The molecule has 0 saturated carbocycles. The van der Waals surface area contributed by atoms with Crippen molar-refractivity contribution in [1.82, 2.24) is 4.90 Å². The van der Waals surface area contributed by atoms with Crippen LogP contribution in [0.5, 0.6) is 0 Å². The monoisotopic (exact) mass is 213 g/mol. The summed E-state index contributed by atoms with van der Waals surface area (Å²) in [6.45, 7) is 4.36. The van der Waals surface area contributed by atoms with E-state index in [1.54, 1.807) is 0 Å². The summed E-state index contributed by atoms with van der Waals surface area (Å²) in [5.41, 5.74) is 11.0. The van der Waals surface area contributed by atoms with Gasteiger partial charge in [-0.2, -0.15) is 0 Å². The van der Waals surface area contributed by atoms with Crippen molar-refractivity contribution in [2.45, 2.75) is 38.8 Å². The molecule has 1 heterocycles. The van der Waals surface area contributed by atoms with E-state index in [4.69, 9.17) is 11.5 Å². The number of nitrogens with zero attached hydrogens (tertiary/aromatic N) is 1. The first-order valence-corrected chi connectivity index (χ1v) is 5.30. The minimum Gasteiger partial charge on any atom is -0.368 e. The molecule has 2 amide bonds. The summed E-state index contributed by atoms with van der Waals surface area (Å²) in [5, 5.41) is 0. The van der Waals surface area contributed by atoms with Gasteiger partial charge in [0, 0.05) is 6.54 Å². The third kappa shape index (κ3) is 2.47. The molecule has 0 aromatic heterocycles. The molecule has 4 N–H and O–H groups in total. The van der Waals surface area contributed by atoms with Gasteiger partial charge in [-0.15, -0.1) is 0 Å². The van der Waals surface area contributed by atoms with Crippen molar-refractivity contribution < 1.29 is 9.59 Å². The average Bonchev–Trinajstić information content (AvgIpc) is 2.63. The fourth-order valence-corrected chi connectivity index (χ4v) is 1.80. The molecular weight excluding hydrogens is 194 g/mol. The van der Waals surface area contributed by atoms with Crippen LogP contribution >= 0.6 is 0 Å². The zero-order valence-electron chi connectivity index (χ0n) is 9.27. The van der Waals surface area contributed by atoms with Crippen LogP contribution in [0.2, 0.25) is 0 Å². The molecule has 1 unspecified atom stereocenters. The summed E-state index contributed by atoms with van der Waals surface area (Å²) >= 11 is 0. The number of carbonyl (C=O) groups excluding carboxylic acids is 2. The largest absolute Gasteiger partial charge is 0.368 e. The van der Waals surface area contributed by atoms with Gasteiger partial charge >= 0.3 is 0 Å². The number of hydrogen-bond acceptors (Lipinski definition) is 3. The van der Waals surface area contributed by atoms with E-state index in [1.807, 2.05) is 13.8 Å². The Bertz CT molecular complexity index is 265. The predicted octanol–water partition coefficient (Wildman–Crippen LogP) is -0.554. The van der Waals surface area contributed by atoms with E-state index in [2.05, 4.69) is 0 Å². The molecule has 5 nitrogen and oxygen atoms in total. The second kappa shape index (κ2) is 4.61. The molecule has 1 aliphatic rings. The van der Waals surface area contributed by atoms with Crippen LogP contribution in [0.15, 0.2) is 0 Å². The maximum Gasteiger partial charge on any atom is 0.240 e. The number of carbonyl (C=O) groups is 2. The summed E-state index contributed by atoms with van der Waals surface area (Å²) < 4.78 is 0. The first-order valence-electron chi connectivity index (χ1n) is 5.30. The molecule has 5 heteroatoms. The van der Waals surface area contributed by atoms with Crippen molar-refractivity contribution in [3.05, 3.63) is 0 Å². The molecule has 0 aromatic rings. The summed E-state index contributed by atoms with van der Waals surface area (Å²) in [6, 6.07) is -0.993. The van der Waals surface area contributed by atoms with Gasteiger partial charge in [0.25, 0.3) is 0 Å². The highest BCUT2D eigenvalue weighted by atomic mass is 16.2. The lowest BCUT2D eigenvalue weighted by molar-refractivity contribution is -0.139. The number of hydrogen-bond donors (Lipinski definition) is 2. The molecule has 1 fully saturated rings. The van der Waals surface area contributed by atoms with Gasteiger partial charge in [0.15, 0.2) is 0 Å². The lowest BCUT2D eigenvalue weighted by atomic mass is 10.0. The molecular formula is C10H19N3O2. The lowest BCUT2D eigenvalue weighted by Crippen LogP contribution is -2.51. The molecule has 1 rings (SSSR count). The Hall–Kier alpha value is -1.10. The van der Waals surface area contributed by atoms with E-state index in [0.717, 1.165) is 6.42 Å². The molecule has 1 aliphatic heterocycles. The molecule has 0 aliphatic carbocycles. The zero-order chi connectivity index (χ0) is 11.6. The predicted molar refractivity (Wildman–Crippen MR) is 56.7 cm³/mol. The number of primary amides is 1. The van der Waals surface area contributed by atoms with Crippen molar-refractivity contribution in [3.63, 3.8) is 0 Å². The Morgan fingerprint density at radius 1 is 1.40 bits per heavy atom. The SMILES string of the molecule is CC(C)C(N)C(=O)N1CCC[C@H]1C(N)=O. The fraction of sp³-hybridized carbons (Fsp3) is 0.800. The fourth-order valence-electron chi connectivity index (χ4n) is 1.80. The topological polar surface area (TPSA) is 89.4 Å². The lowest BCUT2D eigenvalue weighted by Gasteiger charge is -2.26. The molecule has 86 valence electrons. The van der Waals surface area contributed by atoms with Crippen molar-refractivity contribution in [3.8, 4) is 0 Å². The number of likely N-dealkylation sites (tertiary alicyclic amines) is 1. The number of amides is 2. The van der Waals surface area contributed by atoms with Gasteiger partial charge in [0.2, 0.25) is 11.8 Å². The molecule has 0 radical (unpaired) electrons. The van der Waals surface area contributed by atoms with Crippen LogP contribution in [0.4, 0.5) is 0 Å². The van der Waals surface area contributed by atoms with Gasteiger partial charge in [0.1, 0.15) is 6.04 Å². The van der Waals surface area contributed by atoms with Crippen molar-refractivity contribution >= 4 is 11.8 Å². The van der Waals surface area contributed by atoms with Crippen LogP contribution in [0, 0.1) is 5.92 Å². The highest BCUT2D eigenvalue weighted by Gasteiger charge is 2.35. The normalized spacial score (nSPS) is 23.2. The van der Waals surface area contributed by atoms with Crippen LogP contribution in [0.1, 0.15) is 26.7 Å². The molecule has 15 heavy (non-hydrogen) atoms. The smallest absolute Gasteiger partial charge is 0.240 e. The van der Waals surface area contributed by atoms with Gasteiger partial charge in [-0.25, -0.2) is 0 Å². The minimum absolute atomic E-state index is 0.0756. The van der Waals surface area contributed by atoms with Crippen LogP contribution in [0.3, 0.4) is 0 Å². The van der Waals surface area contributed by atoms with Crippen LogP contribution in [-0.4, -0.2) is 35.3 Å².